The Hall–Kier alpha value is -1.72. The summed E-state index contributed by atoms with van der Waals surface area (Å²) in [5.74, 6) is -1.24. The minimum Gasteiger partial charge on any atom is -0.455 e. The molecule has 0 N–H and O–H groups in total. The van der Waals surface area contributed by atoms with Crippen molar-refractivity contribution in [1.29, 1.82) is 0 Å². The topological polar surface area (TPSA) is 118 Å². The van der Waals surface area contributed by atoms with Gasteiger partial charge in [-0.15, -0.1) is 18.3 Å². The summed E-state index contributed by atoms with van der Waals surface area (Å²) in [5.41, 5.74) is -0.737. The van der Waals surface area contributed by atoms with Crippen LogP contribution in [0.1, 0.15) is 54.4 Å². The number of carbonyl (C=O) groups excluding carboxylic acids is 3. The number of rotatable bonds is 10. The van der Waals surface area contributed by atoms with Crippen molar-refractivity contribution in [2.75, 3.05) is 5.75 Å². The number of carbonyl (C=O) groups is 3. The molecule has 9 nitrogen and oxygen atoms in total. The molecular weight excluding hydrogens is 458 g/mol. The van der Waals surface area contributed by atoms with E-state index < -0.39 is 63.5 Å². The van der Waals surface area contributed by atoms with Gasteiger partial charge in [-0.05, 0) is 39.4 Å². The van der Waals surface area contributed by atoms with E-state index in [2.05, 4.69) is 11.0 Å². The van der Waals surface area contributed by atoms with E-state index in [1.54, 1.807) is 26.8 Å². The fraction of sp³-hybridized carbons (Fsp3) is 0.714. The first-order valence-corrected chi connectivity index (χ1v) is 12.4. The summed E-state index contributed by atoms with van der Waals surface area (Å²) in [7, 11) is -1.59. The molecule has 11 heteroatoms. The molecule has 0 aromatic carbocycles. The minimum absolute atomic E-state index is 0.602. The van der Waals surface area contributed by atoms with Gasteiger partial charge in [0, 0.05) is 27.0 Å². The van der Waals surface area contributed by atoms with Crippen LogP contribution in [0.25, 0.3) is 0 Å². The van der Waals surface area contributed by atoms with E-state index in [1.807, 2.05) is 0 Å². The number of allylic oxidation sites excluding steroid dienone is 1. The first-order chi connectivity index (χ1) is 14.9. The molecule has 0 bridgehead atoms. The molecule has 0 radical (unpaired) electrons. The number of hydrogen-bond acceptors (Lipinski definition) is 9. The quantitative estimate of drug-likeness (QED) is 0.149. The van der Waals surface area contributed by atoms with Crippen molar-refractivity contribution < 1.29 is 37.5 Å². The molecule has 0 aromatic rings. The van der Waals surface area contributed by atoms with Crippen molar-refractivity contribution in [1.82, 2.24) is 0 Å². The van der Waals surface area contributed by atoms with Crippen molar-refractivity contribution in [2.45, 2.75) is 89.0 Å². The van der Waals surface area contributed by atoms with Gasteiger partial charge in [0.25, 0.3) is 0 Å². The highest BCUT2D eigenvalue weighted by molar-refractivity contribution is 7.99. The maximum absolute atomic E-state index is 12.4. The molecule has 6 atom stereocenters. The lowest BCUT2D eigenvalue weighted by atomic mass is 9.99. The van der Waals surface area contributed by atoms with Crippen LogP contribution in [0.4, 0.5) is 0 Å². The zero-order chi connectivity index (χ0) is 24.5. The Balaban J connectivity index is 3.34. The molecule has 0 saturated carbocycles. The molecule has 1 saturated heterocycles. The molecule has 0 aliphatic carbocycles. The lowest BCUT2D eigenvalue weighted by molar-refractivity contribution is -0.221. The van der Waals surface area contributed by atoms with E-state index in [4.69, 9.17) is 18.9 Å². The zero-order valence-electron chi connectivity index (χ0n) is 19.4. The summed E-state index contributed by atoms with van der Waals surface area (Å²) in [5, 5.41) is 0. The average Bonchev–Trinajstić information content (AvgIpc) is 2.65. The largest absolute Gasteiger partial charge is 0.455 e. The van der Waals surface area contributed by atoms with Crippen LogP contribution in [-0.4, -0.2) is 68.7 Å². The van der Waals surface area contributed by atoms with E-state index in [1.165, 1.54) is 38.7 Å². The Bertz CT molecular complexity index is 734. The van der Waals surface area contributed by atoms with Gasteiger partial charge in [0.15, 0.2) is 18.3 Å². The second-order valence-corrected chi connectivity index (χ2v) is 11.2. The Kier molecular flexibility index (Phi) is 11.6. The standard InChI is InChI=1S/C21H33NO8S2/c1-8-9-10-11-31-20-19(29-15(4)25)18(28-14(3)24)17(27-13(2)23)16(30-20)12-22-32(26)21(5,6)7/h8,12,16-20H,1,9-11H2,2-7H3/b22-12+/t16?,17?,18?,19?,20?,32-/m1/s1. The molecule has 1 heterocycles. The van der Waals surface area contributed by atoms with Gasteiger partial charge in [-0.1, -0.05) is 6.08 Å². The summed E-state index contributed by atoms with van der Waals surface area (Å²) in [6.45, 7) is 12.6. The first-order valence-electron chi connectivity index (χ1n) is 10.2. The maximum Gasteiger partial charge on any atom is 0.303 e. The van der Waals surface area contributed by atoms with Crippen LogP contribution in [0.3, 0.4) is 0 Å². The van der Waals surface area contributed by atoms with Gasteiger partial charge in [0.1, 0.15) is 22.5 Å². The van der Waals surface area contributed by atoms with Crippen LogP contribution >= 0.6 is 11.8 Å². The van der Waals surface area contributed by atoms with Gasteiger partial charge in [-0.3, -0.25) is 14.4 Å². The Morgan fingerprint density at radius 1 is 1.03 bits per heavy atom. The predicted octanol–water partition coefficient (Wildman–Crippen LogP) is 2.74. The summed E-state index contributed by atoms with van der Waals surface area (Å²) in [4.78, 5) is 35.4. The monoisotopic (exact) mass is 491 g/mol. The molecule has 0 spiro atoms. The van der Waals surface area contributed by atoms with Crippen molar-refractivity contribution in [2.24, 2.45) is 4.40 Å². The molecule has 5 unspecified atom stereocenters. The van der Waals surface area contributed by atoms with Crippen LogP contribution in [0.2, 0.25) is 0 Å². The molecule has 182 valence electrons. The molecule has 1 aliphatic heterocycles. The van der Waals surface area contributed by atoms with Crippen LogP contribution < -0.4 is 0 Å². The zero-order valence-corrected chi connectivity index (χ0v) is 21.0. The Morgan fingerprint density at radius 3 is 2.06 bits per heavy atom. The van der Waals surface area contributed by atoms with Crippen molar-refractivity contribution in [3.8, 4) is 0 Å². The highest BCUT2D eigenvalue weighted by atomic mass is 32.2. The smallest absolute Gasteiger partial charge is 0.303 e. The fourth-order valence-corrected chi connectivity index (χ4v) is 4.48. The summed E-state index contributed by atoms with van der Waals surface area (Å²) in [6.07, 6.45) is 0.409. The predicted molar refractivity (Wildman–Crippen MR) is 124 cm³/mol. The van der Waals surface area contributed by atoms with Crippen molar-refractivity contribution in [3.05, 3.63) is 12.7 Å². The number of unbranched alkanes of at least 4 members (excludes halogenated alkanes) is 1. The SMILES string of the molecule is C=CCCCSC1OC(/C=N/[S@](=O)C(C)(C)C)C(OC(C)=O)C(OC(C)=O)C1OC(C)=O. The lowest BCUT2D eigenvalue weighted by Crippen LogP contribution is -2.61. The second-order valence-electron chi connectivity index (χ2n) is 8.11. The third-order valence-corrected chi connectivity index (χ3v) is 6.69. The maximum atomic E-state index is 12.4. The molecule has 0 aromatic heterocycles. The normalized spacial score (nSPS) is 26.9. The highest BCUT2D eigenvalue weighted by Gasteiger charge is 2.51. The number of esters is 3. The van der Waals surface area contributed by atoms with Gasteiger partial charge in [-0.25, -0.2) is 4.21 Å². The van der Waals surface area contributed by atoms with Gasteiger partial charge in [-0.2, -0.15) is 4.40 Å². The highest BCUT2D eigenvalue weighted by Crippen LogP contribution is 2.34. The minimum atomic E-state index is -1.59. The third kappa shape index (κ3) is 9.41. The average molecular weight is 492 g/mol. The van der Waals surface area contributed by atoms with Gasteiger partial charge >= 0.3 is 17.9 Å². The summed E-state index contributed by atoms with van der Waals surface area (Å²) < 4.78 is 38.2. The van der Waals surface area contributed by atoms with Gasteiger partial charge < -0.3 is 18.9 Å². The fourth-order valence-electron chi connectivity index (χ4n) is 2.76. The van der Waals surface area contributed by atoms with E-state index in [9.17, 15) is 18.6 Å². The van der Waals surface area contributed by atoms with Crippen LogP contribution in [0, 0.1) is 0 Å². The Morgan fingerprint density at radius 2 is 1.56 bits per heavy atom. The molecule has 32 heavy (non-hydrogen) atoms. The Labute approximate surface area is 196 Å². The number of hydrogen-bond donors (Lipinski definition) is 0. The van der Waals surface area contributed by atoms with Crippen LogP contribution in [0.15, 0.2) is 17.1 Å². The molecule has 1 rings (SSSR count). The first kappa shape index (κ1) is 28.3. The summed E-state index contributed by atoms with van der Waals surface area (Å²) >= 11 is 1.37. The second kappa shape index (κ2) is 13.1. The lowest BCUT2D eigenvalue weighted by Gasteiger charge is -2.43. The number of nitrogens with zero attached hydrogens (tertiary/aromatic N) is 1. The van der Waals surface area contributed by atoms with E-state index in [0.717, 1.165) is 12.8 Å². The number of thioether (sulfide) groups is 1. The summed E-state index contributed by atoms with van der Waals surface area (Å²) in [6, 6.07) is 0. The van der Waals surface area contributed by atoms with Gasteiger partial charge in [0.2, 0.25) is 0 Å². The van der Waals surface area contributed by atoms with Gasteiger partial charge in [0.05, 0.1) is 4.75 Å². The number of ether oxygens (including phenoxy) is 4. The van der Waals surface area contributed by atoms with E-state index in [0.29, 0.717) is 5.75 Å². The third-order valence-electron chi connectivity index (χ3n) is 4.10. The van der Waals surface area contributed by atoms with E-state index in [-0.39, 0.29) is 0 Å². The molecule has 1 aliphatic rings. The molecule has 0 amide bonds. The molecular formula is C21H33NO8S2. The van der Waals surface area contributed by atoms with Crippen LogP contribution in [-0.2, 0) is 44.3 Å². The molecule has 1 fully saturated rings. The van der Waals surface area contributed by atoms with Crippen LogP contribution in [0.5, 0.6) is 0 Å². The van der Waals surface area contributed by atoms with Crippen molar-refractivity contribution >= 4 is 46.9 Å². The van der Waals surface area contributed by atoms with E-state index >= 15 is 0 Å². The van der Waals surface area contributed by atoms with Crippen molar-refractivity contribution in [3.63, 3.8) is 0 Å².